The second-order valence-electron chi connectivity index (χ2n) is 4.49. The zero-order valence-electron chi connectivity index (χ0n) is 9.12. The van der Waals surface area contributed by atoms with Crippen molar-refractivity contribution in [3.8, 4) is 0 Å². The lowest BCUT2D eigenvalue weighted by Crippen LogP contribution is -2.24. The van der Waals surface area contributed by atoms with Crippen LogP contribution in [0, 0.1) is 0 Å². The van der Waals surface area contributed by atoms with Gasteiger partial charge in [0.15, 0.2) is 0 Å². The molecule has 1 aromatic heterocycles. The first-order valence-electron chi connectivity index (χ1n) is 5.79. The molecule has 16 heavy (non-hydrogen) atoms. The Morgan fingerprint density at radius 3 is 3.06 bits per heavy atom. The van der Waals surface area contributed by atoms with Gasteiger partial charge in [0.2, 0.25) is 0 Å². The highest BCUT2D eigenvalue weighted by Crippen LogP contribution is 2.32. The van der Waals surface area contributed by atoms with Crippen LogP contribution in [0.1, 0.15) is 24.6 Å². The topological polar surface area (TPSA) is 30.9 Å². The average Bonchev–Trinajstić information content (AvgIpc) is 2.65. The maximum atomic E-state index is 6.02. The number of aryl methyl sites for hydroxylation is 1. The molecule has 1 aliphatic heterocycles. The molecule has 0 radical (unpaired) electrons. The lowest BCUT2D eigenvalue weighted by Gasteiger charge is -2.25. The van der Waals surface area contributed by atoms with Crippen molar-refractivity contribution >= 4 is 22.5 Å². The summed E-state index contributed by atoms with van der Waals surface area (Å²) in [6.07, 6.45) is 3.59. The smallest absolute Gasteiger partial charge is 0.0486 e. The first kappa shape index (κ1) is 10.2. The molecule has 2 heterocycles. The van der Waals surface area contributed by atoms with Crippen LogP contribution in [0.3, 0.4) is 0 Å². The standard InChI is InChI=1S/C13H15ClN2/c14-10-4-5-13-9(6-10)7-11-2-1-3-12(8-15)16(11)13/h4-7,12H,1-3,8,15H2. The molecule has 0 saturated carbocycles. The minimum absolute atomic E-state index is 0.461. The number of hydrogen-bond donors (Lipinski definition) is 1. The molecule has 2 N–H and O–H groups in total. The van der Waals surface area contributed by atoms with E-state index >= 15 is 0 Å². The molecule has 0 bridgehead atoms. The highest BCUT2D eigenvalue weighted by molar-refractivity contribution is 6.31. The normalized spacial score (nSPS) is 20.0. The monoisotopic (exact) mass is 234 g/mol. The molecule has 1 unspecified atom stereocenters. The zero-order chi connectivity index (χ0) is 11.1. The molecular weight excluding hydrogens is 220 g/mol. The molecular formula is C13H15ClN2. The number of halogens is 1. The summed E-state index contributed by atoms with van der Waals surface area (Å²) in [7, 11) is 0. The number of benzene rings is 1. The summed E-state index contributed by atoms with van der Waals surface area (Å²) < 4.78 is 2.40. The van der Waals surface area contributed by atoms with E-state index < -0.39 is 0 Å². The largest absolute Gasteiger partial charge is 0.340 e. The third-order valence-electron chi connectivity index (χ3n) is 3.49. The average molecular weight is 235 g/mol. The highest BCUT2D eigenvalue weighted by atomic mass is 35.5. The lowest BCUT2D eigenvalue weighted by atomic mass is 10.0. The Hall–Kier alpha value is -0.990. The van der Waals surface area contributed by atoms with Crippen LogP contribution in [0.15, 0.2) is 24.3 Å². The first-order chi connectivity index (χ1) is 7.79. The highest BCUT2D eigenvalue weighted by Gasteiger charge is 2.20. The Morgan fingerprint density at radius 2 is 2.25 bits per heavy atom. The Labute approximate surface area is 100.0 Å². The van der Waals surface area contributed by atoms with E-state index in [2.05, 4.69) is 16.7 Å². The molecule has 3 rings (SSSR count). The van der Waals surface area contributed by atoms with E-state index in [1.165, 1.54) is 29.4 Å². The van der Waals surface area contributed by atoms with Gasteiger partial charge in [-0.05, 0) is 43.5 Å². The van der Waals surface area contributed by atoms with Gasteiger partial charge in [-0.1, -0.05) is 11.6 Å². The van der Waals surface area contributed by atoms with Crippen molar-refractivity contribution in [1.82, 2.24) is 4.57 Å². The van der Waals surface area contributed by atoms with Crippen molar-refractivity contribution in [2.45, 2.75) is 25.3 Å². The number of aromatic nitrogens is 1. The van der Waals surface area contributed by atoms with Crippen LogP contribution in [-0.4, -0.2) is 11.1 Å². The van der Waals surface area contributed by atoms with E-state index in [0.717, 1.165) is 18.0 Å². The van der Waals surface area contributed by atoms with Gasteiger partial charge in [0.05, 0.1) is 0 Å². The quantitative estimate of drug-likeness (QED) is 0.808. The van der Waals surface area contributed by atoms with Gasteiger partial charge in [0.25, 0.3) is 0 Å². The van der Waals surface area contributed by atoms with E-state index in [4.69, 9.17) is 17.3 Å². The SMILES string of the molecule is NCC1CCCc2cc3cc(Cl)ccc3n21. The van der Waals surface area contributed by atoms with Crippen LogP contribution < -0.4 is 5.73 Å². The molecule has 1 aliphatic rings. The third kappa shape index (κ3) is 1.45. The van der Waals surface area contributed by atoms with Gasteiger partial charge >= 0.3 is 0 Å². The van der Waals surface area contributed by atoms with E-state index in [9.17, 15) is 0 Å². The van der Waals surface area contributed by atoms with Crippen LogP contribution in [0.5, 0.6) is 0 Å². The van der Waals surface area contributed by atoms with Crippen molar-refractivity contribution in [3.63, 3.8) is 0 Å². The van der Waals surface area contributed by atoms with Crippen LogP contribution in [0.4, 0.5) is 0 Å². The van der Waals surface area contributed by atoms with Gasteiger partial charge in [0, 0.05) is 34.2 Å². The molecule has 3 heteroatoms. The minimum Gasteiger partial charge on any atom is -0.340 e. The Morgan fingerprint density at radius 1 is 1.38 bits per heavy atom. The Kier molecular flexibility index (Phi) is 2.41. The zero-order valence-corrected chi connectivity index (χ0v) is 9.87. The van der Waals surface area contributed by atoms with Gasteiger partial charge < -0.3 is 10.3 Å². The maximum Gasteiger partial charge on any atom is 0.0486 e. The van der Waals surface area contributed by atoms with Crippen molar-refractivity contribution < 1.29 is 0 Å². The van der Waals surface area contributed by atoms with Crippen LogP contribution in [0.25, 0.3) is 10.9 Å². The third-order valence-corrected chi connectivity index (χ3v) is 3.72. The molecule has 0 fully saturated rings. The summed E-state index contributed by atoms with van der Waals surface area (Å²) in [5.74, 6) is 0. The van der Waals surface area contributed by atoms with Gasteiger partial charge in [0.1, 0.15) is 0 Å². The molecule has 2 nitrogen and oxygen atoms in total. The van der Waals surface area contributed by atoms with Crippen LogP contribution in [0.2, 0.25) is 5.02 Å². The minimum atomic E-state index is 0.461. The summed E-state index contributed by atoms with van der Waals surface area (Å²) in [5.41, 5.74) is 8.53. The van der Waals surface area contributed by atoms with Crippen LogP contribution >= 0.6 is 11.6 Å². The van der Waals surface area contributed by atoms with Gasteiger partial charge in [-0.15, -0.1) is 0 Å². The summed E-state index contributed by atoms with van der Waals surface area (Å²) in [5, 5.41) is 2.04. The number of nitrogens with two attached hydrogens (primary N) is 1. The number of rotatable bonds is 1. The van der Waals surface area contributed by atoms with E-state index in [0.29, 0.717) is 6.04 Å². The second kappa shape index (κ2) is 3.79. The molecule has 0 aliphatic carbocycles. The molecule has 84 valence electrons. The maximum absolute atomic E-state index is 6.02. The van der Waals surface area contributed by atoms with Crippen molar-refractivity contribution in [2.75, 3.05) is 6.54 Å². The number of nitrogens with zero attached hydrogens (tertiary/aromatic N) is 1. The van der Waals surface area contributed by atoms with Crippen molar-refractivity contribution in [1.29, 1.82) is 0 Å². The van der Waals surface area contributed by atoms with Gasteiger partial charge in [-0.25, -0.2) is 0 Å². The molecule has 2 aromatic rings. The predicted octanol–water partition coefficient (Wildman–Crippen LogP) is 3.13. The lowest BCUT2D eigenvalue weighted by molar-refractivity contribution is 0.421. The number of hydrogen-bond acceptors (Lipinski definition) is 1. The Bertz CT molecular complexity index is 530. The molecule has 1 atom stereocenters. The molecule has 1 aromatic carbocycles. The molecule has 0 saturated heterocycles. The fourth-order valence-corrected chi connectivity index (χ4v) is 2.94. The second-order valence-corrected chi connectivity index (χ2v) is 4.93. The summed E-state index contributed by atoms with van der Waals surface area (Å²) in [6.45, 7) is 0.722. The van der Waals surface area contributed by atoms with Crippen molar-refractivity contribution in [2.24, 2.45) is 5.73 Å². The van der Waals surface area contributed by atoms with Gasteiger partial charge in [-0.2, -0.15) is 0 Å². The predicted molar refractivity (Wildman–Crippen MR) is 68.0 cm³/mol. The van der Waals surface area contributed by atoms with E-state index in [-0.39, 0.29) is 0 Å². The summed E-state index contributed by atoms with van der Waals surface area (Å²) in [6, 6.07) is 8.82. The number of fused-ring (bicyclic) bond motifs is 3. The van der Waals surface area contributed by atoms with Crippen LogP contribution in [-0.2, 0) is 6.42 Å². The van der Waals surface area contributed by atoms with Gasteiger partial charge in [-0.3, -0.25) is 0 Å². The molecule has 0 spiro atoms. The summed E-state index contributed by atoms with van der Waals surface area (Å²) in [4.78, 5) is 0. The van der Waals surface area contributed by atoms with E-state index in [1.807, 2.05) is 12.1 Å². The summed E-state index contributed by atoms with van der Waals surface area (Å²) >= 11 is 6.02. The Balaban J connectivity index is 2.26. The fourth-order valence-electron chi connectivity index (χ4n) is 2.76. The first-order valence-corrected chi connectivity index (χ1v) is 6.17. The molecule has 0 amide bonds. The van der Waals surface area contributed by atoms with Crippen molar-refractivity contribution in [3.05, 3.63) is 35.0 Å². The van der Waals surface area contributed by atoms with E-state index in [1.54, 1.807) is 0 Å². The fraction of sp³-hybridized carbons (Fsp3) is 0.385.